The molecule has 0 saturated carbocycles. The lowest BCUT2D eigenvalue weighted by Gasteiger charge is -2.16. The Kier molecular flexibility index (Phi) is 6.22. The van der Waals surface area contributed by atoms with Crippen molar-refractivity contribution in [3.8, 4) is 0 Å². The predicted octanol–water partition coefficient (Wildman–Crippen LogP) is 0.192. The number of carbonyl (C=O) groups is 3. The first kappa shape index (κ1) is 17.0. The number of nitrogens with zero attached hydrogens (tertiary/aromatic N) is 2. The van der Waals surface area contributed by atoms with E-state index in [4.69, 9.17) is 5.11 Å². The van der Waals surface area contributed by atoms with Gasteiger partial charge in [0, 0.05) is 0 Å². The zero-order valence-electron chi connectivity index (χ0n) is 12.0. The third kappa shape index (κ3) is 5.46. The Morgan fingerprint density at radius 1 is 1.33 bits per heavy atom. The number of aliphatic carboxylic acids is 1. The molecule has 0 bridgehead atoms. The molecule has 0 saturated heterocycles. The molecule has 0 aliphatic carbocycles. The van der Waals surface area contributed by atoms with E-state index in [-0.39, 0.29) is 12.5 Å². The van der Waals surface area contributed by atoms with E-state index in [9.17, 15) is 14.4 Å². The highest BCUT2D eigenvalue weighted by atomic mass is 32.1. The molecule has 21 heavy (non-hydrogen) atoms. The van der Waals surface area contributed by atoms with Gasteiger partial charge in [0.1, 0.15) is 10.9 Å². The Morgan fingerprint density at radius 3 is 2.48 bits per heavy atom. The number of rotatable bonds is 7. The van der Waals surface area contributed by atoms with E-state index in [0.29, 0.717) is 17.0 Å². The predicted molar refractivity (Wildman–Crippen MR) is 76.0 cm³/mol. The van der Waals surface area contributed by atoms with Crippen molar-refractivity contribution >= 4 is 29.3 Å². The highest BCUT2D eigenvalue weighted by molar-refractivity contribution is 7.08. The molecule has 0 aliphatic rings. The maximum Gasteiger partial charge on any atom is 0.326 e. The maximum atomic E-state index is 11.8. The lowest BCUT2D eigenvalue weighted by Crippen LogP contribution is -2.46. The fraction of sp³-hybridized carbons (Fsp3) is 0.583. The Hall–Kier alpha value is -2.03. The average molecular weight is 314 g/mol. The van der Waals surface area contributed by atoms with Gasteiger partial charge in [-0.3, -0.25) is 9.59 Å². The van der Waals surface area contributed by atoms with E-state index in [1.54, 1.807) is 6.92 Å². The summed E-state index contributed by atoms with van der Waals surface area (Å²) in [6.07, 6.45) is 0.326. The van der Waals surface area contributed by atoms with Gasteiger partial charge < -0.3 is 15.7 Å². The van der Waals surface area contributed by atoms with Crippen LogP contribution in [0.15, 0.2) is 0 Å². The van der Waals surface area contributed by atoms with Gasteiger partial charge in [0.15, 0.2) is 0 Å². The van der Waals surface area contributed by atoms with Crippen LogP contribution in [0.2, 0.25) is 0 Å². The third-order valence-electron chi connectivity index (χ3n) is 2.61. The lowest BCUT2D eigenvalue weighted by atomic mass is 10.0. The molecular weight excluding hydrogens is 296 g/mol. The molecule has 1 atom stereocenters. The van der Waals surface area contributed by atoms with Crippen LogP contribution in [-0.4, -0.2) is 45.1 Å². The van der Waals surface area contributed by atoms with Crippen LogP contribution in [0.1, 0.15) is 35.6 Å². The van der Waals surface area contributed by atoms with Crippen molar-refractivity contribution in [1.29, 1.82) is 0 Å². The van der Waals surface area contributed by atoms with Crippen LogP contribution >= 0.6 is 11.5 Å². The number of carboxylic acids is 1. The molecule has 0 fully saturated rings. The molecule has 1 rings (SSSR count). The zero-order chi connectivity index (χ0) is 16.0. The largest absolute Gasteiger partial charge is 0.480 e. The number of amides is 2. The minimum Gasteiger partial charge on any atom is -0.480 e. The number of carbonyl (C=O) groups excluding carboxylic acids is 2. The Bertz CT molecular complexity index is 529. The second-order valence-corrected chi connectivity index (χ2v) is 5.71. The fourth-order valence-electron chi connectivity index (χ4n) is 1.62. The van der Waals surface area contributed by atoms with E-state index < -0.39 is 23.8 Å². The zero-order valence-corrected chi connectivity index (χ0v) is 12.9. The second kappa shape index (κ2) is 7.67. The van der Waals surface area contributed by atoms with Crippen LogP contribution < -0.4 is 10.6 Å². The molecule has 0 aromatic carbocycles. The van der Waals surface area contributed by atoms with Gasteiger partial charge in [0.05, 0.1) is 12.2 Å². The summed E-state index contributed by atoms with van der Waals surface area (Å²) in [4.78, 5) is 34.8. The summed E-state index contributed by atoms with van der Waals surface area (Å²) in [5.41, 5.74) is 0.487. The smallest absolute Gasteiger partial charge is 0.326 e. The molecule has 1 aromatic heterocycles. The summed E-state index contributed by atoms with van der Waals surface area (Å²) < 4.78 is 3.63. The monoisotopic (exact) mass is 314 g/mol. The van der Waals surface area contributed by atoms with E-state index in [2.05, 4.69) is 20.2 Å². The van der Waals surface area contributed by atoms with Crippen molar-refractivity contribution in [2.75, 3.05) is 6.54 Å². The number of hydrogen-bond acceptors (Lipinski definition) is 6. The molecule has 0 unspecified atom stereocenters. The number of hydrogen-bond donors (Lipinski definition) is 3. The van der Waals surface area contributed by atoms with Crippen molar-refractivity contribution in [1.82, 2.24) is 20.2 Å². The molecule has 0 aliphatic heterocycles. The molecule has 1 heterocycles. The van der Waals surface area contributed by atoms with E-state index in [1.165, 1.54) is 0 Å². The molecule has 8 nitrogen and oxygen atoms in total. The molecule has 3 N–H and O–H groups in total. The summed E-state index contributed by atoms with van der Waals surface area (Å²) in [5, 5.41) is 17.5. The number of aromatic nitrogens is 2. The first-order chi connectivity index (χ1) is 9.81. The van der Waals surface area contributed by atoms with Gasteiger partial charge in [0.2, 0.25) is 5.91 Å². The summed E-state index contributed by atoms with van der Waals surface area (Å²) in [7, 11) is 0. The topological polar surface area (TPSA) is 121 Å². The quantitative estimate of drug-likeness (QED) is 0.660. The molecule has 116 valence electrons. The van der Waals surface area contributed by atoms with Crippen molar-refractivity contribution in [2.45, 2.75) is 33.2 Å². The van der Waals surface area contributed by atoms with Gasteiger partial charge in [-0.1, -0.05) is 18.3 Å². The summed E-state index contributed by atoms with van der Waals surface area (Å²) in [6.45, 7) is 5.08. The molecule has 0 radical (unpaired) electrons. The van der Waals surface area contributed by atoms with E-state index in [1.807, 2.05) is 13.8 Å². The average Bonchev–Trinajstić information content (AvgIpc) is 2.81. The van der Waals surface area contributed by atoms with Gasteiger partial charge in [-0.05, 0) is 30.8 Å². The van der Waals surface area contributed by atoms with Crippen molar-refractivity contribution < 1.29 is 19.5 Å². The number of aryl methyl sites for hydroxylation is 1. The van der Waals surface area contributed by atoms with Crippen LogP contribution in [0.25, 0.3) is 0 Å². The molecule has 2 amide bonds. The SMILES string of the molecule is Cc1nnsc1C(=O)NCC(=O)N[C@@H](CC(C)C)C(=O)O. The van der Waals surface area contributed by atoms with Gasteiger partial charge in [-0.15, -0.1) is 5.10 Å². The van der Waals surface area contributed by atoms with Crippen molar-refractivity contribution in [3.05, 3.63) is 10.6 Å². The molecule has 1 aromatic rings. The Balaban J connectivity index is 2.48. The van der Waals surface area contributed by atoms with Crippen molar-refractivity contribution in [3.63, 3.8) is 0 Å². The van der Waals surface area contributed by atoms with Crippen LogP contribution in [0.5, 0.6) is 0 Å². The Labute approximate surface area is 126 Å². The fourth-order valence-corrected chi connectivity index (χ4v) is 2.19. The van der Waals surface area contributed by atoms with Crippen LogP contribution in [0.4, 0.5) is 0 Å². The van der Waals surface area contributed by atoms with Crippen LogP contribution in [0.3, 0.4) is 0 Å². The second-order valence-electron chi connectivity index (χ2n) is 4.96. The van der Waals surface area contributed by atoms with E-state index >= 15 is 0 Å². The molecule has 0 spiro atoms. The van der Waals surface area contributed by atoms with Crippen LogP contribution in [-0.2, 0) is 9.59 Å². The first-order valence-corrected chi connectivity index (χ1v) is 7.18. The number of carboxylic acid groups (broad SMARTS) is 1. The lowest BCUT2D eigenvalue weighted by molar-refractivity contribution is -0.142. The molecule has 9 heteroatoms. The Morgan fingerprint density at radius 2 is 2.00 bits per heavy atom. The van der Waals surface area contributed by atoms with Gasteiger partial charge in [-0.2, -0.15) is 0 Å². The van der Waals surface area contributed by atoms with Crippen LogP contribution in [0, 0.1) is 12.8 Å². The highest BCUT2D eigenvalue weighted by Crippen LogP contribution is 2.08. The standard InChI is InChI=1S/C12H18N4O4S/c1-6(2)4-8(12(19)20)14-9(17)5-13-11(18)10-7(3)15-16-21-10/h6,8H,4-5H2,1-3H3,(H,13,18)(H,14,17)(H,19,20)/t8-/m0/s1. The highest BCUT2D eigenvalue weighted by Gasteiger charge is 2.21. The minimum absolute atomic E-state index is 0.131. The van der Waals surface area contributed by atoms with Gasteiger partial charge in [0.25, 0.3) is 5.91 Å². The normalized spacial score (nSPS) is 12.0. The summed E-state index contributed by atoms with van der Waals surface area (Å²) in [5.74, 6) is -1.96. The third-order valence-corrected chi connectivity index (χ3v) is 3.43. The van der Waals surface area contributed by atoms with Crippen molar-refractivity contribution in [2.24, 2.45) is 5.92 Å². The number of nitrogens with one attached hydrogen (secondary N) is 2. The van der Waals surface area contributed by atoms with Gasteiger partial charge >= 0.3 is 5.97 Å². The minimum atomic E-state index is -1.09. The van der Waals surface area contributed by atoms with Gasteiger partial charge in [-0.25, -0.2) is 4.79 Å². The van der Waals surface area contributed by atoms with E-state index in [0.717, 1.165) is 11.5 Å². The summed E-state index contributed by atoms with van der Waals surface area (Å²) >= 11 is 0.938. The summed E-state index contributed by atoms with van der Waals surface area (Å²) in [6, 6.07) is -0.957. The first-order valence-electron chi connectivity index (χ1n) is 6.40. The molecular formula is C12H18N4O4S. The maximum absolute atomic E-state index is 11.8.